The maximum absolute atomic E-state index is 3.68. The maximum atomic E-state index is 3.68. The maximum Gasteiger partial charge on any atom is 0.0134 e. The zero-order valence-corrected chi connectivity index (χ0v) is 7.90. The van der Waals surface area contributed by atoms with Crippen LogP contribution in [0.5, 0.6) is 0 Å². The van der Waals surface area contributed by atoms with Crippen molar-refractivity contribution in [3.05, 3.63) is 12.7 Å². The first-order valence-electron chi connectivity index (χ1n) is 4.69. The Morgan fingerprint density at radius 2 is 2.18 bits per heavy atom. The molecular weight excluding hydrogens is 134 g/mol. The summed E-state index contributed by atoms with van der Waals surface area (Å²) in [5, 5.41) is 3.44. The molecule has 1 nitrogen and oxygen atoms in total. The van der Waals surface area contributed by atoms with E-state index in [1.54, 1.807) is 0 Å². The van der Waals surface area contributed by atoms with Crippen LogP contribution in [0.2, 0.25) is 0 Å². The SMILES string of the molecule is C=CCNC(CC)CCCC. The number of nitrogens with one attached hydrogen (secondary N) is 1. The highest BCUT2D eigenvalue weighted by Gasteiger charge is 2.01. The molecule has 0 spiro atoms. The van der Waals surface area contributed by atoms with E-state index in [0.29, 0.717) is 6.04 Å². The first-order chi connectivity index (χ1) is 5.35. The summed E-state index contributed by atoms with van der Waals surface area (Å²) in [5.74, 6) is 0. The predicted molar refractivity (Wildman–Crippen MR) is 51.8 cm³/mol. The van der Waals surface area contributed by atoms with Crippen molar-refractivity contribution in [2.24, 2.45) is 0 Å². The van der Waals surface area contributed by atoms with Gasteiger partial charge in [0, 0.05) is 12.6 Å². The zero-order chi connectivity index (χ0) is 8.53. The van der Waals surface area contributed by atoms with E-state index in [1.807, 2.05) is 6.08 Å². The molecule has 0 aromatic heterocycles. The highest BCUT2D eigenvalue weighted by molar-refractivity contribution is 4.74. The Labute approximate surface area is 70.9 Å². The van der Waals surface area contributed by atoms with Crippen molar-refractivity contribution in [2.45, 2.75) is 45.6 Å². The first kappa shape index (κ1) is 10.7. The Morgan fingerprint density at radius 3 is 2.64 bits per heavy atom. The Hall–Kier alpha value is -0.300. The van der Waals surface area contributed by atoms with Gasteiger partial charge in [0.25, 0.3) is 0 Å². The van der Waals surface area contributed by atoms with Gasteiger partial charge < -0.3 is 5.32 Å². The molecule has 0 amide bonds. The molecule has 0 aliphatic rings. The van der Waals surface area contributed by atoms with E-state index in [0.717, 1.165) is 6.54 Å². The second kappa shape index (κ2) is 7.80. The largest absolute Gasteiger partial charge is 0.311 e. The van der Waals surface area contributed by atoms with E-state index in [4.69, 9.17) is 0 Å². The average molecular weight is 155 g/mol. The summed E-state index contributed by atoms with van der Waals surface area (Å²) in [6.07, 6.45) is 7.10. The molecule has 1 N–H and O–H groups in total. The van der Waals surface area contributed by atoms with Crippen molar-refractivity contribution < 1.29 is 0 Å². The third kappa shape index (κ3) is 6.11. The van der Waals surface area contributed by atoms with E-state index < -0.39 is 0 Å². The van der Waals surface area contributed by atoms with Gasteiger partial charge in [-0.2, -0.15) is 0 Å². The van der Waals surface area contributed by atoms with Gasteiger partial charge in [0.15, 0.2) is 0 Å². The van der Waals surface area contributed by atoms with Crippen molar-refractivity contribution in [3.63, 3.8) is 0 Å². The number of hydrogen-bond donors (Lipinski definition) is 1. The smallest absolute Gasteiger partial charge is 0.0134 e. The van der Waals surface area contributed by atoms with E-state index in [1.165, 1.54) is 25.7 Å². The van der Waals surface area contributed by atoms with Crippen LogP contribution in [0, 0.1) is 0 Å². The van der Waals surface area contributed by atoms with Gasteiger partial charge in [-0.15, -0.1) is 6.58 Å². The number of unbranched alkanes of at least 4 members (excludes halogenated alkanes) is 1. The van der Waals surface area contributed by atoms with Crippen molar-refractivity contribution in [3.8, 4) is 0 Å². The van der Waals surface area contributed by atoms with Crippen molar-refractivity contribution in [1.29, 1.82) is 0 Å². The molecule has 0 fully saturated rings. The Kier molecular flexibility index (Phi) is 7.59. The van der Waals surface area contributed by atoms with Crippen molar-refractivity contribution in [1.82, 2.24) is 5.32 Å². The Bertz CT molecular complexity index is 88.9. The standard InChI is InChI=1S/C10H21N/c1-4-7-8-10(6-3)11-9-5-2/h5,10-11H,2,4,6-9H2,1,3H3. The Morgan fingerprint density at radius 1 is 1.45 bits per heavy atom. The lowest BCUT2D eigenvalue weighted by Gasteiger charge is -2.14. The van der Waals surface area contributed by atoms with Crippen LogP contribution in [-0.2, 0) is 0 Å². The van der Waals surface area contributed by atoms with Gasteiger partial charge in [0.1, 0.15) is 0 Å². The molecule has 0 radical (unpaired) electrons. The fourth-order valence-electron chi connectivity index (χ4n) is 1.15. The molecule has 1 heteroatoms. The molecule has 1 atom stereocenters. The topological polar surface area (TPSA) is 12.0 Å². The summed E-state index contributed by atoms with van der Waals surface area (Å²) in [5.41, 5.74) is 0. The van der Waals surface area contributed by atoms with Gasteiger partial charge >= 0.3 is 0 Å². The van der Waals surface area contributed by atoms with Crippen LogP contribution in [-0.4, -0.2) is 12.6 Å². The van der Waals surface area contributed by atoms with Crippen LogP contribution in [0.1, 0.15) is 39.5 Å². The summed E-state index contributed by atoms with van der Waals surface area (Å²) < 4.78 is 0. The van der Waals surface area contributed by atoms with Crippen molar-refractivity contribution in [2.75, 3.05) is 6.54 Å². The van der Waals surface area contributed by atoms with Crippen LogP contribution < -0.4 is 5.32 Å². The summed E-state index contributed by atoms with van der Waals surface area (Å²) in [6, 6.07) is 0.702. The molecule has 0 saturated heterocycles. The van der Waals surface area contributed by atoms with Gasteiger partial charge in [-0.25, -0.2) is 0 Å². The van der Waals surface area contributed by atoms with Gasteiger partial charge in [-0.05, 0) is 12.8 Å². The molecule has 0 aliphatic heterocycles. The fraction of sp³-hybridized carbons (Fsp3) is 0.800. The predicted octanol–water partition coefficient (Wildman–Crippen LogP) is 2.73. The van der Waals surface area contributed by atoms with Crippen LogP contribution >= 0.6 is 0 Å². The van der Waals surface area contributed by atoms with E-state index in [2.05, 4.69) is 25.7 Å². The summed E-state index contributed by atoms with van der Waals surface area (Å²) in [7, 11) is 0. The molecule has 66 valence electrons. The van der Waals surface area contributed by atoms with E-state index in [9.17, 15) is 0 Å². The molecule has 0 bridgehead atoms. The van der Waals surface area contributed by atoms with Gasteiger partial charge in [0.2, 0.25) is 0 Å². The minimum absolute atomic E-state index is 0.702. The second-order valence-corrected chi connectivity index (χ2v) is 2.94. The average Bonchev–Trinajstić information content (AvgIpc) is 2.05. The third-order valence-corrected chi connectivity index (χ3v) is 1.95. The van der Waals surface area contributed by atoms with Crippen LogP contribution in [0.15, 0.2) is 12.7 Å². The molecule has 0 aliphatic carbocycles. The van der Waals surface area contributed by atoms with E-state index >= 15 is 0 Å². The normalized spacial score (nSPS) is 12.9. The lowest BCUT2D eigenvalue weighted by Crippen LogP contribution is -2.28. The number of hydrogen-bond acceptors (Lipinski definition) is 1. The van der Waals surface area contributed by atoms with Gasteiger partial charge in [-0.1, -0.05) is 32.8 Å². The Balaban J connectivity index is 3.32. The summed E-state index contributed by atoms with van der Waals surface area (Å²) in [4.78, 5) is 0. The second-order valence-electron chi connectivity index (χ2n) is 2.94. The van der Waals surface area contributed by atoms with Gasteiger partial charge in [0.05, 0.1) is 0 Å². The molecule has 0 heterocycles. The fourth-order valence-corrected chi connectivity index (χ4v) is 1.15. The zero-order valence-electron chi connectivity index (χ0n) is 7.90. The highest BCUT2D eigenvalue weighted by atomic mass is 14.9. The molecule has 0 aromatic carbocycles. The molecule has 1 unspecified atom stereocenters. The highest BCUT2D eigenvalue weighted by Crippen LogP contribution is 2.03. The molecule has 0 saturated carbocycles. The minimum Gasteiger partial charge on any atom is -0.311 e. The minimum atomic E-state index is 0.702. The molecule has 0 aromatic rings. The van der Waals surface area contributed by atoms with Crippen LogP contribution in [0.3, 0.4) is 0 Å². The summed E-state index contributed by atoms with van der Waals surface area (Å²) >= 11 is 0. The number of rotatable bonds is 7. The lowest BCUT2D eigenvalue weighted by atomic mass is 10.1. The molecule has 11 heavy (non-hydrogen) atoms. The van der Waals surface area contributed by atoms with E-state index in [-0.39, 0.29) is 0 Å². The molecular formula is C10H21N. The van der Waals surface area contributed by atoms with Crippen LogP contribution in [0.4, 0.5) is 0 Å². The molecule has 0 rings (SSSR count). The van der Waals surface area contributed by atoms with Gasteiger partial charge in [-0.3, -0.25) is 0 Å². The first-order valence-corrected chi connectivity index (χ1v) is 4.69. The summed E-state index contributed by atoms with van der Waals surface area (Å²) in [6.45, 7) is 9.10. The third-order valence-electron chi connectivity index (χ3n) is 1.95. The monoisotopic (exact) mass is 155 g/mol. The lowest BCUT2D eigenvalue weighted by molar-refractivity contribution is 0.473. The van der Waals surface area contributed by atoms with Crippen LogP contribution in [0.25, 0.3) is 0 Å². The van der Waals surface area contributed by atoms with Crippen molar-refractivity contribution >= 4 is 0 Å². The quantitative estimate of drug-likeness (QED) is 0.557.